The lowest BCUT2D eigenvalue weighted by atomic mass is 9.94. The molecule has 0 amide bonds. The molecule has 106 valence electrons. The van der Waals surface area contributed by atoms with Crippen molar-refractivity contribution in [3.8, 4) is 0 Å². The topological polar surface area (TPSA) is 37.3 Å². The molecule has 0 saturated heterocycles. The summed E-state index contributed by atoms with van der Waals surface area (Å²) in [5, 5.41) is 10.2. The van der Waals surface area contributed by atoms with Crippen LogP contribution < -0.4 is 0 Å². The Balaban J connectivity index is 2.12. The maximum atomic E-state index is 12.2. The van der Waals surface area contributed by atoms with Crippen LogP contribution in [0.5, 0.6) is 0 Å². The smallest absolute Gasteiger partial charge is 0.192 e. The first-order chi connectivity index (χ1) is 10.2. The van der Waals surface area contributed by atoms with Gasteiger partial charge in [0.2, 0.25) is 0 Å². The summed E-state index contributed by atoms with van der Waals surface area (Å²) in [6.45, 7) is 3.71. The average Bonchev–Trinajstić information content (AvgIpc) is 2.56. The highest BCUT2D eigenvalue weighted by Crippen LogP contribution is 2.15. The van der Waals surface area contributed by atoms with Crippen molar-refractivity contribution < 1.29 is 9.90 Å². The van der Waals surface area contributed by atoms with Crippen LogP contribution >= 0.6 is 0 Å². The molecule has 0 radical (unpaired) electrons. The molecule has 0 spiro atoms. The van der Waals surface area contributed by atoms with Crippen LogP contribution in [-0.4, -0.2) is 17.0 Å². The van der Waals surface area contributed by atoms with Gasteiger partial charge in [0.15, 0.2) is 5.78 Å². The molecule has 0 aliphatic carbocycles. The largest absolute Gasteiger partial charge is 0.384 e. The molecule has 1 N–H and O–H groups in total. The summed E-state index contributed by atoms with van der Waals surface area (Å²) in [4.78, 5) is 12.2. The molecule has 2 nitrogen and oxygen atoms in total. The summed E-state index contributed by atoms with van der Waals surface area (Å²) < 4.78 is 0. The minimum Gasteiger partial charge on any atom is -0.384 e. The van der Waals surface area contributed by atoms with Gasteiger partial charge in [-0.15, -0.1) is 6.58 Å². The Morgan fingerprint density at radius 2 is 1.57 bits per heavy atom. The monoisotopic (exact) mass is 278 g/mol. The first-order valence-electron chi connectivity index (χ1n) is 6.85. The highest BCUT2D eigenvalue weighted by Gasteiger charge is 2.22. The van der Waals surface area contributed by atoms with E-state index in [4.69, 9.17) is 0 Å². The molecular weight excluding hydrogens is 260 g/mol. The summed E-state index contributed by atoms with van der Waals surface area (Å²) in [6.07, 6.45) is 4.15. The molecule has 2 rings (SSSR count). The molecule has 0 aliphatic rings. The van der Waals surface area contributed by atoms with Crippen LogP contribution in [0.2, 0.25) is 0 Å². The Morgan fingerprint density at radius 1 is 1.00 bits per heavy atom. The van der Waals surface area contributed by atoms with Gasteiger partial charge in [-0.25, -0.2) is 0 Å². The summed E-state index contributed by atoms with van der Waals surface area (Å²) in [5.74, 6) is -0.712. The van der Waals surface area contributed by atoms with E-state index in [9.17, 15) is 9.90 Å². The van der Waals surface area contributed by atoms with Crippen molar-refractivity contribution in [2.24, 2.45) is 5.92 Å². The van der Waals surface area contributed by atoms with Crippen molar-refractivity contribution in [3.63, 3.8) is 0 Å². The number of aliphatic hydroxyl groups is 1. The second kappa shape index (κ2) is 7.36. The van der Waals surface area contributed by atoms with E-state index in [0.717, 1.165) is 5.56 Å². The van der Waals surface area contributed by atoms with Gasteiger partial charge in [-0.3, -0.25) is 4.79 Å². The molecular formula is C19H18O2. The molecule has 21 heavy (non-hydrogen) atoms. The van der Waals surface area contributed by atoms with Crippen molar-refractivity contribution in [1.29, 1.82) is 0 Å². The maximum absolute atomic E-state index is 12.2. The fourth-order valence-corrected chi connectivity index (χ4v) is 2.05. The van der Waals surface area contributed by atoms with E-state index in [2.05, 4.69) is 6.58 Å². The molecule has 0 aromatic heterocycles. The van der Waals surface area contributed by atoms with E-state index in [0.29, 0.717) is 5.56 Å². The van der Waals surface area contributed by atoms with E-state index in [1.165, 1.54) is 0 Å². The van der Waals surface area contributed by atoms with Crippen LogP contribution in [0.1, 0.15) is 15.9 Å². The average molecular weight is 278 g/mol. The van der Waals surface area contributed by atoms with Crippen LogP contribution in [-0.2, 0) is 0 Å². The van der Waals surface area contributed by atoms with Gasteiger partial charge in [0, 0.05) is 11.5 Å². The third kappa shape index (κ3) is 4.01. The van der Waals surface area contributed by atoms with E-state index in [1.807, 2.05) is 42.5 Å². The van der Waals surface area contributed by atoms with Gasteiger partial charge in [-0.1, -0.05) is 78.9 Å². The number of carbonyl (C=O) groups is 1. The van der Waals surface area contributed by atoms with Gasteiger partial charge in [0.25, 0.3) is 0 Å². The Hall–Kier alpha value is -2.45. The van der Waals surface area contributed by atoms with Gasteiger partial charge in [0.05, 0.1) is 0 Å². The molecule has 2 atom stereocenters. The normalized spacial score (nSPS) is 13.8. The number of benzene rings is 2. The standard InChI is InChI=1S/C19H18O2/c1-2-16(14-13-15-9-5-3-6-10-15)18(20)19(21)17-11-7-4-8-12-17/h2-14,16,18,20H,1H2/b14-13+/t16-,18+/m1/s1. The number of hydrogen-bond acceptors (Lipinski definition) is 2. The van der Waals surface area contributed by atoms with E-state index < -0.39 is 12.0 Å². The zero-order valence-electron chi connectivity index (χ0n) is 11.7. The summed E-state index contributed by atoms with van der Waals surface area (Å²) in [5.41, 5.74) is 1.52. The zero-order valence-corrected chi connectivity index (χ0v) is 11.7. The number of aliphatic hydroxyl groups excluding tert-OH is 1. The quantitative estimate of drug-likeness (QED) is 0.645. The van der Waals surface area contributed by atoms with E-state index in [1.54, 1.807) is 36.4 Å². The second-order valence-corrected chi connectivity index (χ2v) is 4.76. The van der Waals surface area contributed by atoms with Crippen molar-refractivity contribution >= 4 is 11.9 Å². The highest BCUT2D eigenvalue weighted by atomic mass is 16.3. The predicted molar refractivity (Wildman–Crippen MR) is 85.9 cm³/mol. The Kier molecular flexibility index (Phi) is 5.24. The highest BCUT2D eigenvalue weighted by molar-refractivity contribution is 5.99. The number of Topliss-reactive ketones (excluding diaryl/α,β-unsaturated/α-hetero) is 1. The second-order valence-electron chi connectivity index (χ2n) is 4.76. The van der Waals surface area contributed by atoms with Crippen molar-refractivity contribution in [2.45, 2.75) is 6.10 Å². The lowest BCUT2D eigenvalue weighted by Crippen LogP contribution is -2.27. The summed E-state index contributed by atoms with van der Waals surface area (Å²) in [6, 6.07) is 18.5. The molecule has 0 bridgehead atoms. The maximum Gasteiger partial charge on any atom is 0.192 e. The van der Waals surface area contributed by atoms with Gasteiger partial charge < -0.3 is 5.11 Å². The summed E-state index contributed by atoms with van der Waals surface area (Å²) >= 11 is 0. The fraction of sp³-hybridized carbons (Fsp3) is 0.105. The SMILES string of the molecule is C=C[C@H](/C=C/c1ccccc1)[C@H](O)C(=O)c1ccccc1. The van der Waals surface area contributed by atoms with Crippen LogP contribution in [0, 0.1) is 5.92 Å². The molecule has 0 heterocycles. The van der Waals surface area contributed by atoms with Crippen molar-refractivity contribution in [3.05, 3.63) is 90.5 Å². The minimum absolute atomic E-state index is 0.293. The lowest BCUT2D eigenvalue weighted by molar-refractivity contribution is 0.0699. The van der Waals surface area contributed by atoms with Crippen LogP contribution in [0.15, 0.2) is 79.4 Å². The molecule has 0 aliphatic heterocycles. The van der Waals surface area contributed by atoms with Gasteiger partial charge in [0.1, 0.15) is 6.10 Å². The molecule has 0 saturated carbocycles. The Bertz CT molecular complexity index is 615. The molecule has 0 fully saturated rings. The number of rotatable bonds is 6. The van der Waals surface area contributed by atoms with Crippen LogP contribution in [0.4, 0.5) is 0 Å². The first-order valence-corrected chi connectivity index (χ1v) is 6.85. The number of carbonyl (C=O) groups excluding carboxylic acids is 1. The van der Waals surface area contributed by atoms with Gasteiger partial charge in [-0.2, -0.15) is 0 Å². The Morgan fingerprint density at radius 3 is 2.14 bits per heavy atom. The Labute approximate surface area is 125 Å². The zero-order chi connectivity index (χ0) is 15.1. The van der Waals surface area contributed by atoms with Gasteiger partial charge >= 0.3 is 0 Å². The molecule has 0 unspecified atom stereocenters. The molecule has 2 aromatic carbocycles. The predicted octanol–water partition coefficient (Wildman–Crippen LogP) is 3.75. The van der Waals surface area contributed by atoms with E-state index in [-0.39, 0.29) is 5.78 Å². The number of hydrogen-bond donors (Lipinski definition) is 1. The third-order valence-corrected chi connectivity index (χ3v) is 3.27. The molecule has 2 heteroatoms. The van der Waals surface area contributed by atoms with Crippen LogP contribution in [0.3, 0.4) is 0 Å². The lowest BCUT2D eigenvalue weighted by Gasteiger charge is -2.15. The van der Waals surface area contributed by atoms with Crippen molar-refractivity contribution in [2.75, 3.05) is 0 Å². The minimum atomic E-state index is -1.12. The van der Waals surface area contributed by atoms with Crippen molar-refractivity contribution in [1.82, 2.24) is 0 Å². The van der Waals surface area contributed by atoms with E-state index >= 15 is 0 Å². The van der Waals surface area contributed by atoms with Gasteiger partial charge in [-0.05, 0) is 5.56 Å². The van der Waals surface area contributed by atoms with Crippen LogP contribution in [0.25, 0.3) is 6.08 Å². The fourth-order valence-electron chi connectivity index (χ4n) is 2.05. The number of ketones is 1. The first kappa shape index (κ1) is 14.9. The third-order valence-electron chi connectivity index (χ3n) is 3.27. The summed E-state index contributed by atoms with van der Waals surface area (Å²) in [7, 11) is 0. The molecule has 2 aromatic rings.